The third-order valence-corrected chi connectivity index (χ3v) is 3.54. The van der Waals surface area contributed by atoms with E-state index >= 15 is 0 Å². The largest absolute Gasteiger partial charge is 0.493 e. The quantitative estimate of drug-likeness (QED) is 0.655. The molecule has 7 heteroatoms. The lowest BCUT2D eigenvalue weighted by atomic mass is 10.3. The van der Waals surface area contributed by atoms with E-state index in [1.807, 2.05) is 23.6 Å². The number of benzene rings is 1. The summed E-state index contributed by atoms with van der Waals surface area (Å²) in [5.74, 6) is 2.02. The highest BCUT2D eigenvalue weighted by Gasteiger charge is 2.06. The van der Waals surface area contributed by atoms with Crippen molar-refractivity contribution < 1.29 is 9.47 Å². The third-order valence-electron chi connectivity index (χ3n) is 2.76. The van der Waals surface area contributed by atoms with Gasteiger partial charge in [0.1, 0.15) is 5.01 Å². The maximum atomic E-state index is 5.28. The molecule has 1 heterocycles. The van der Waals surface area contributed by atoms with Crippen LogP contribution in [0, 0.1) is 0 Å². The Labute approximate surface area is 127 Å². The lowest BCUT2D eigenvalue weighted by molar-refractivity contribution is 0.355. The van der Waals surface area contributed by atoms with Crippen molar-refractivity contribution in [2.24, 2.45) is 4.99 Å². The smallest absolute Gasteiger partial charge is 0.195 e. The number of aliphatic imine (C=N–C) groups is 1. The minimum absolute atomic E-state index is 0.630. The van der Waals surface area contributed by atoms with E-state index in [-0.39, 0.29) is 0 Å². The van der Waals surface area contributed by atoms with E-state index in [1.54, 1.807) is 38.8 Å². The topological polar surface area (TPSA) is 67.8 Å². The molecule has 0 radical (unpaired) electrons. The van der Waals surface area contributed by atoms with Gasteiger partial charge in [-0.3, -0.25) is 4.99 Å². The molecule has 0 fully saturated rings. The molecule has 1 aromatic heterocycles. The summed E-state index contributed by atoms with van der Waals surface area (Å²) < 4.78 is 10.5. The van der Waals surface area contributed by atoms with Gasteiger partial charge in [0.15, 0.2) is 17.5 Å². The Kier molecular flexibility index (Phi) is 5.39. The van der Waals surface area contributed by atoms with E-state index in [9.17, 15) is 0 Å². The Morgan fingerprint density at radius 3 is 2.71 bits per heavy atom. The summed E-state index contributed by atoms with van der Waals surface area (Å²) in [5.41, 5.74) is 0.861. The minimum Gasteiger partial charge on any atom is -0.493 e. The molecule has 0 saturated carbocycles. The highest BCUT2D eigenvalue weighted by molar-refractivity contribution is 7.09. The number of hydrogen-bond acceptors (Lipinski definition) is 5. The molecule has 0 spiro atoms. The zero-order valence-corrected chi connectivity index (χ0v) is 13.0. The second-order valence-electron chi connectivity index (χ2n) is 4.05. The average molecular weight is 306 g/mol. The van der Waals surface area contributed by atoms with Crippen LogP contribution in [0.1, 0.15) is 5.01 Å². The highest BCUT2D eigenvalue weighted by atomic mass is 32.1. The predicted molar refractivity (Wildman–Crippen MR) is 85.5 cm³/mol. The molecule has 0 bridgehead atoms. The summed E-state index contributed by atoms with van der Waals surface area (Å²) >= 11 is 1.60. The normalized spacial score (nSPS) is 11.1. The van der Waals surface area contributed by atoms with Crippen molar-refractivity contribution in [1.29, 1.82) is 0 Å². The molecular formula is C14H18N4O2S. The van der Waals surface area contributed by atoms with E-state index in [1.165, 1.54) is 0 Å². The number of thiazole rings is 1. The van der Waals surface area contributed by atoms with Crippen LogP contribution in [0.4, 0.5) is 5.69 Å². The molecule has 0 aliphatic heterocycles. The number of aromatic nitrogens is 1. The van der Waals surface area contributed by atoms with Gasteiger partial charge < -0.3 is 20.1 Å². The molecule has 2 N–H and O–H groups in total. The van der Waals surface area contributed by atoms with Gasteiger partial charge in [0.05, 0.1) is 20.8 Å². The van der Waals surface area contributed by atoms with Crippen LogP contribution in [0.3, 0.4) is 0 Å². The van der Waals surface area contributed by atoms with E-state index in [2.05, 4.69) is 20.6 Å². The monoisotopic (exact) mass is 306 g/mol. The van der Waals surface area contributed by atoms with Gasteiger partial charge in [-0.2, -0.15) is 0 Å². The van der Waals surface area contributed by atoms with Crippen LogP contribution in [0.5, 0.6) is 11.5 Å². The second kappa shape index (κ2) is 7.49. The Hall–Kier alpha value is -2.28. The first kappa shape index (κ1) is 15.1. The fourth-order valence-corrected chi connectivity index (χ4v) is 2.29. The molecule has 0 amide bonds. The summed E-state index contributed by atoms with van der Waals surface area (Å²) in [5, 5.41) is 9.35. The SMILES string of the molecule is CN=C(NCc1nccs1)Nc1ccc(OC)c(OC)c1. The number of nitrogens with one attached hydrogen (secondary N) is 2. The van der Waals surface area contributed by atoms with Crippen molar-refractivity contribution >= 4 is 23.0 Å². The Bertz CT molecular complexity index is 599. The van der Waals surface area contributed by atoms with Crippen LogP contribution < -0.4 is 20.1 Å². The standard InChI is InChI=1S/C14H18N4O2S/c1-15-14(17-9-13-16-6-7-21-13)18-10-4-5-11(19-2)12(8-10)20-3/h4-8H,9H2,1-3H3,(H2,15,17,18). The Morgan fingerprint density at radius 1 is 1.29 bits per heavy atom. The molecule has 0 aliphatic carbocycles. The summed E-state index contributed by atoms with van der Waals surface area (Å²) in [6.07, 6.45) is 1.78. The van der Waals surface area contributed by atoms with E-state index in [0.717, 1.165) is 10.7 Å². The minimum atomic E-state index is 0.630. The maximum absolute atomic E-state index is 5.28. The van der Waals surface area contributed by atoms with Crippen LogP contribution in [0.25, 0.3) is 0 Å². The maximum Gasteiger partial charge on any atom is 0.195 e. The van der Waals surface area contributed by atoms with E-state index in [4.69, 9.17) is 9.47 Å². The summed E-state index contributed by atoms with van der Waals surface area (Å²) in [4.78, 5) is 8.40. The van der Waals surface area contributed by atoms with Crippen molar-refractivity contribution in [3.8, 4) is 11.5 Å². The van der Waals surface area contributed by atoms with Crippen LogP contribution in [-0.4, -0.2) is 32.2 Å². The first-order chi connectivity index (χ1) is 10.3. The molecule has 0 atom stereocenters. The lowest BCUT2D eigenvalue weighted by Crippen LogP contribution is -2.30. The molecular weight excluding hydrogens is 288 g/mol. The van der Waals surface area contributed by atoms with Gasteiger partial charge >= 0.3 is 0 Å². The first-order valence-electron chi connectivity index (χ1n) is 6.35. The lowest BCUT2D eigenvalue weighted by Gasteiger charge is -2.13. The van der Waals surface area contributed by atoms with Crippen LogP contribution in [0.15, 0.2) is 34.8 Å². The van der Waals surface area contributed by atoms with E-state index < -0.39 is 0 Å². The zero-order chi connectivity index (χ0) is 15.1. The molecule has 0 saturated heterocycles. The molecule has 2 aromatic rings. The van der Waals surface area contributed by atoms with Crippen LogP contribution in [-0.2, 0) is 6.54 Å². The van der Waals surface area contributed by atoms with Crippen LogP contribution >= 0.6 is 11.3 Å². The molecule has 21 heavy (non-hydrogen) atoms. The number of hydrogen-bond donors (Lipinski definition) is 2. The molecule has 6 nitrogen and oxygen atoms in total. The number of guanidine groups is 1. The number of ether oxygens (including phenoxy) is 2. The molecule has 2 rings (SSSR count). The highest BCUT2D eigenvalue weighted by Crippen LogP contribution is 2.29. The van der Waals surface area contributed by atoms with Crippen molar-refractivity contribution in [2.45, 2.75) is 6.54 Å². The molecule has 112 valence electrons. The van der Waals surface area contributed by atoms with Crippen molar-refractivity contribution in [1.82, 2.24) is 10.3 Å². The van der Waals surface area contributed by atoms with Gasteiger partial charge in [-0.05, 0) is 12.1 Å². The molecule has 1 aromatic carbocycles. The number of methoxy groups -OCH3 is 2. The van der Waals surface area contributed by atoms with Gasteiger partial charge in [-0.25, -0.2) is 4.98 Å². The second-order valence-corrected chi connectivity index (χ2v) is 5.03. The zero-order valence-electron chi connectivity index (χ0n) is 12.2. The van der Waals surface area contributed by atoms with Gasteiger partial charge in [0.2, 0.25) is 0 Å². The number of nitrogens with zero attached hydrogens (tertiary/aromatic N) is 2. The number of rotatable bonds is 5. The fourth-order valence-electron chi connectivity index (χ4n) is 1.73. The number of anilines is 1. The van der Waals surface area contributed by atoms with Crippen molar-refractivity contribution in [3.63, 3.8) is 0 Å². The average Bonchev–Trinajstić information content (AvgIpc) is 3.04. The predicted octanol–water partition coefficient (Wildman–Crippen LogP) is 2.35. The summed E-state index contributed by atoms with van der Waals surface area (Å²) in [6.45, 7) is 0.630. The third kappa shape index (κ3) is 4.09. The van der Waals surface area contributed by atoms with E-state index in [0.29, 0.717) is 24.0 Å². The van der Waals surface area contributed by atoms with Gasteiger partial charge in [-0.1, -0.05) is 0 Å². The summed E-state index contributed by atoms with van der Waals surface area (Å²) in [7, 11) is 4.94. The van der Waals surface area contributed by atoms with Gasteiger partial charge in [0.25, 0.3) is 0 Å². The van der Waals surface area contributed by atoms with Gasteiger partial charge in [-0.15, -0.1) is 11.3 Å². The molecule has 0 unspecified atom stereocenters. The van der Waals surface area contributed by atoms with Crippen molar-refractivity contribution in [2.75, 3.05) is 26.6 Å². The fraction of sp³-hybridized carbons (Fsp3) is 0.286. The van der Waals surface area contributed by atoms with Crippen LogP contribution in [0.2, 0.25) is 0 Å². The Morgan fingerprint density at radius 2 is 2.10 bits per heavy atom. The van der Waals surface area contributed by atoms with Crippen molar-refractivity contribution in [3.05, 3.63) is 34.8 Å². The molecule has 0 aliphatic rings. The summed E-state index contributed by atoms with van der Waals surface area (Å²) in [6, 6.07) is 5.60. The van der Waals surface area contributed by atoms with Gasteiger partial charge in [0, 0.05) is 30.4 Å². The Balaban J connectivity index is 2.01. The first-order valence-corrected chi connectivity index (χ1v) is 7.23.